The van der Waals surface area contributed by atoms with E-state index in [2.05, 4.69) is 15.2 Å². The van der Waals surface area contributed by atoms with E-state index in [-0.39, 0.29) is 18.4 Å². The molecule has 1 aromatic heterocycles. The number of thiazole rings is 1. The molecule has 1 aliphatic heterocycles. The molecule has 6 nitrogen and oxygen atoms in total. The standard InChI is InChI=1S/C12H20N4O2S/c1-8(7-17)6-14-11(18)9-10(13)15-12(19-9)16-4-2-3-5-16/h8,17H,2-7,13H2,1H3,(H,14,18). The second kappa shape index (κ2) is 6.21. The lowest BCUT2D eigenvalue weighted by Crippen LogP contribution is -2.29. The SMILES string of the molecule is CC(CO)CNC(=O)c1sc(N2CCCC2)nc1N. The lowest BCUT2D eigenvalue weighted by atomic mass is 10.2. The third-order valence-electron chi connectivity index (χ3n) is 3.15. The van der Waals surface area contributed by atoms with Crippen LogP contribution in [0.1, 0.15) is 29.4 Å². The predicted molar refractivity (Wildman–Crippen MR) is 76.6 cm³/mol. The number of nitrogens with one attached hydrogen (secondary N) is 1. The molecule has 7 heteroatoms. The van der Waals surface area contributed by atoms with E-state index in [0.717, 1.165) is 31.1 Å². The van der Waals surface area contributed by atoms with Gasteiger partial charge in [0.05, 0.1) is 0 Å². The normalized spacial score (nSPS) is 16.6. The molecule has 0 aromatic carbocycles. The molecule has 19 heavy (non-hydrogen) atoms. The molecule has 0 radical (unpaired) electrons. The van der Waals surface area contributed by atoms with Crippen molar-refractivity contribution in [3.8, 4) is 0 Å². The fourth-order valence-corrected chi connectivity index (χ4v) is 2.89. The van der Waals surface area contributed by atoms with Gasteiger partial charge < -0.3 is 21.1 Å². The Morgan fingerprint density at radius 3 is 2.89 bits per heavy atom. The van der Waals surface area contributed by atoms with E-state index in [1.807, 2.05) is 6.92 Å². The Morgan fingerprint density at radius 2 is 2.26 bits per heavy atom. The van der Waals surface area contributed by atoms with Crippen molar-refractivity contribution in [2.24, 2.45) is 5.92 Å². The predicted octanol–water partition coefficient (Wildman–Crippen LogP) is 0.684. The van der Waals surface area contributed by atoms with Gasteiger partial charge in [0.25, 0.3) is 5.91 Å². The van der Waals surface area contributed by atoms with Crippen molar-refractivity contribution < 1.29 is 9.90 Å². The van der Waals surface area contributed by atoms with Crippen molar-refractivity contribution in [2.75, 3.05) is 36.9 Å². The molecule has 0 saturated carbocycles. The van der Waals surface area contributed by atoms with Gasteiger partial charge in [0.1, 0.15) is 10.7 Å². The fraction of sp³-hybridized carbons (Fsp3) is 0.667. The molecule has 1 aromatic rings. The van der Waals surface area contributed by atoms with Crippen molar-refractivity contribution in [3.05, 3.63) is 4.88 Å². The molecule has 1 saturated heterocycles. The molecule has 2 rings (SSSR count). The second-order valence-corrected chi connectivity index (χ2v) is 5.88. The first-order valence-electron chi connectivity index (χ1n) is 6.52. The average Bonchev–Trinajstić information content (AvgIpc) is 3.04. The van der Waals surface area contributed by atoms with Gasteiger partial charge in [0.15, 0.2) is 5.13 Å². The van der Waals surface area contributed by atoms with Gasteiger partial charge in [-0.1, -0.05) is 18.3 Å². The molecule has 2 heterocycles. The zero-order valence-corrected chi connectivity index (χ0v) is 11.9. The summed E-state index contributed by atoms with van der Waals surface area (Å²) >= 11 is 1.34. The highest BCUT2D eigenvalue weighted by Gasteiger charge is 2.21. The number of amides is 1. The summed E-state index contributed by atoms with van der Waals surface area (Å²) in [5.41, 5.74) is 5.81. The van der Waals surface area contributed by atoms with Crippen molar-refractivity contribution in [3.63, 3.8) is 0 Å². The minimum atomic E-state index is -0.208. The number of aromatic nitrogens is 1. The van der Waals surface area contributed by atoms with Crippen molar-refractivity contribution in [1.82, 2.24) is 10.3 Å². The van der Waals surface area contributed by atoms with Crippen LogP contribution >= 0.6 is 11.3 Å². The molecular formula is C12H20N4O2S. The molecule has 0 spiro atoms. The number of hydrogen-bond donors (Lipinski definition) is 3. The summed E-state index contributed by atoms with van der Waals surface area (Å²) in [4.78, 5) is 18.9. The molecule has 0 bridgehead atoms. The maximum Gasteiger partial charge on any atom is 0.265 e. The number of hydrogen-bond acceptors (Lipinski definition) is 6. The summed E-state index contributed by atoms with van der Waals surface area (Å²) in [6.07, 6.45) is 2.32. The topological polar surface area (TPSA) is 91.5 Å². The van der Waals surface area contributed by atoms with Gasteiger partial charge in [-0.15, -0.1) is 0 Å². The van der Waals surface area contributed by atoms with E-state index in [4.69, 9.17) is 10.8 Å². The van der Waals surface area contributed by atoms with Crippen LogP contribution in [-0.2, 0) is 0 Å². The Labute approximate surface area is 116 Å². The van der Waals surface area contributed by atoms with Crippen LogP contribution in [0.2, 0.25) is 0 Å². The van der Waals surface area contributed by atoms with Gasteiger partial charge in [-0.05, 0) is 18.8 Å². The molecule has 1 unspecified atom stereocenters. The monoisotopic (exact) mass is 284 g/mol. The molecule has 1 amide bonds. The van der Waals surface area contributed by atoms with Gasteiger partial charge in [-0.2, -0.15) is 0 Å². The molecule has 1 atom stereocenters. The van der Waals surface area contributed by atoms with Crippen LogP contribution in [0.25, 0.3) is 0 Å². The Kier molecular flexibility index (Phi) is 4.60. The van der Waals surface area contributed by atoms with E-state index in [1.165, 1.54) is 11.3 Å². The van der Waals surface area contributed by atoms with Crippen LogP contribution < -0.4 is 16.0 Å². The number of aliphatic hydroxyl groups excluding tert-OH is 1. The summed E-state index contributed by atoms with van der Waals surface area (Å²) in [6, 6.07) is 0. The Hall–Kier alpha value is -1.34. The van der Waals surface area contributed by atoms with Crippen LogP contribution in [0, 0.1) is 5.92 Å². The lowest BCUT2D eigenvalue weighted by Gasteiger charge is -2.12. The maximum absolute atomic E-state index is 12.0. The van der Waals surface area contributed by atoms with Crippen LogP contribution in [0.15, 0.2) is 0 Å². The first-order valence-corrected chi connectivity index (χ1v) is 7.33. The molecular weight excluding hydrogens is 264 g/mol. The van der Waals surface area contributed by atoms with Gasteiger partial charge in [0, 0.05) is 26.2 Å². The van der Waals surface area contributed by atoms with E-state index in [0.29, 0.717) is 17.2 Å². The number of aliphatic hydroxyl groups is 1. The summed E-state index contributed by atoms with van der Waals surface area (Å²) in [5, 5.41) is 12.5. The smallest absolute Gasteiger partial charge is 0.265 e. The second-order valence-electron chi connectivity index (χ2n) is 4.90. The Bertz CT molecular complexity index is 443. The van der Waals surface area contributed by atoms with Gasteiger partial charge in [-0.3, -0.25) is 4.79 Å². The number of nitrogen functional groups attached to an aromatic ring is 1. The average molecular weight is 284 g/mol. The molecule has 4 N–H and O–H groups in total. The summed E-state index contributed by atoms with van der Waals surface area (Å²) in [7, 11) is 0. The largest absolute Gasteiger partial charge is 0.396 e. The number of carbonyl (C=O) groups is 1. The first kappa shape index (κ1) is 14.1. The zero-order valence-electron chi connectivity index (χ0n) is 11.1. The Morgan fingerprint density at radius 1 is 1.58 bits per heavy atom. The Balaban J connectivity index is 2.01. The minimum absolute atomic E-state index is 0.0381. The van der Waals surface area contributed by atoms with Gasteiger partial charge in [-0.25, -0.2) is 4.98 Å². The van der Waals surface area contributed by atoms with Crippen LogP contribution in [-0.4, -0.2) is 42.2 Å². The van der Waals surface area contributed by atoms with Gasteiger partial charge in [0.2, 0.25) is 0 Å². The zero-order chi connectivity index (χ0) is 13.8. The van der Waals surface area contributed by atoms with E-state index in [9.17, 15) is 4.79 Å². The number of nitrogens with zero attached hydrogens (tertiary/aromatic N) is 2. The van der Waals surface area contributed by atoms with Crippen LogP contribution in [0.4, 0.5) is 10.9 Å². The fourth-order valence-electron chi connectivity index (χ4n) is 1.94. The lowest BCUT2D eigenvalue weighted by molar-refractivity contribution is 0.0947. The molecule has 0 aliphatic carbocycles. The summed E-state index contributed by atoms with van der Waals surface area (Å²) < 4.78 is 0. The molecule has 1 fully saturated rings. The summed E-state index contributed by atoms with van der Waals surface area (Å²) in [5.74, 6) is 0.123. The molecule has 106 valence electrons. The third kappa shape index (κ3) is 3.36. The highest BCUT2D eigenvalue weighted by atomic mass is 32.1. The third-order valence-corrected chi connectivity index (χ3v) is 4.28. The van der Waals surface area contributed by atoms with Crippen LogP contribution in [0.5, 0.6) is 0 Å². The maximum atomic E-state index is 12.0. The van der Waals surface area contributed by atoms with E-state index >= 15 is 0 Å². The van der Waals surface area contributed by atoms with Crippen molar-refractivity contribution in [1.29, 1.82) is 0 Å². The minimum Gasteiger partial charge on any atom is -0.396 e. The number of rotatable bonds is 5. The first-order chi connectivity index (χ1) is 9.11. The van der Waals surface area contributed by atoms with Gasteiger partial charge >= 0.3 is 0 Å². The quantitative estimate of drug-likeness (QED) is 0.739. The number of anilines is 2. The highest BCUT2D eigenvalue weighted by molar-refractivity contribution is 7.18. The molecule has 1 aliphatic rings. The number of nitrogens with two attached hydrogens (primary N) is 1. The van der Waals surface area contributed by atoms with Crippen molar-refractivity contribution >= 4 is 28.2 Å². The highest BCUT2D eigenvalue weighted by Crippen LogP contribution is 2.30. The summed E-state index contributed by atoms with van der Waals surface area (Å²) in [6.45, 7) is 4.32. The van der Waals surface area contributed by atoms with Crippen LogP contribution in [0.3, 0.4) is 0 Å². The van der Waals surface area contributed by atoms with E-state index in [1.54, 1.807) is 0 Å². The van der Waals surface area contributed by atoms with Crippen molar-refractivity contribution in [2.45, 2.75) is 19.8 Å². The number of carbonyl (C=O) groups excluding carboxylic acids is 1. The van der Waals surface area contributed by atoms with E-state index < -0.39 is 0 Å².